The van der Waals surface area contributed by atoms with E-state index < -0.39 is 0 Å². The molecular formula is C24H35NO. The van der Waals surface area contributed by atoms with Crippen LogP contribution in [-0.4, -0.2) is 13.7 Å². The number of ether oxygens (including phenoxy) is 1. The first-order valence-electron chi connectivity index (χ1n) is 9.58. The Bertz CT molecular complexity index is 637. The van der Waals surface area contributed by atoms with Crippen molar-refractivity contribution in [2.45, 2.75) is 52.9 Å². The van der Waals surface area contributed by atoms with Gasteiger partial charge >= 0.3 is 0 Å². The number of rotatable bonds is 12. The van der Waals surface area contributed by atoms with E-state index in [1.807, 2.05) is 12.1 Å². The molecule has 0 aliphatic rings. The molecule has 0 spiro atoms. The number of hydrogen-bond acceptors (Lipinski definition) is 2. The molecule has 0 radical (unpaired) electrons. The predicted octanol–water partition coefficient (Wildman–Crippen LogP) is 6.64. The lowest BCUT2D eigenvalue weighted by atomic mass is 9.92. The van der Waals surface area contributed by atoms with E-state index in [1.165, 1.54) is 42.4 Å². The highest BCUT2D eigenvalue weighted by Crippen LogP contribution is 2.29. The summed E-state index contributed by atoms with van der Waals surface area (Å²) in [5, 5.41) is 3.48. The van der Waals surface area contributed by atoms with Crippen LogP contribution in [0.5, 0.6) is 0 Å². The molecular weight excluding hydrogens is 318 g/mol. The first kappa shape index (κ1) is 21.8. The van der Waals surface area contributed by atoms with Gasteiger partial charge in [-0.15, -0.1) is 0 Å². The van der Waals surface area contributed by atoms with E-state index in [4.69, 9.17) is 4.74 Å². The summed E-state index contributed by atoms with van der Waals surface area (Å²) in [7, 11) is 1.65. The van der Waals surface area contributed by atoms with Crippen molar-refractivity contribution in [3.63, 3.8) is 0 Å². The Hall–Kier alpha value is -2.22. The van der Waals surface area contributed by atoms with Gasteiger partial charge < -0.3 is 10.1 Å². The Morgan fingerprint density at radius 2 is 1.77 bits per heavy atom. The maximum Gasteiger partial charge on any atom is 0.111 e. The van der Waals surface area contributed by atoms with Gasteiger partial charge in [0.2, 0.25) is 0 Å². The third-order valence-electron chi connectivity index (χ3n) is 4.41. The summed E-state index contributed by atoms with van der Waals surface area (Å²) in [5.41, 5.74) is 5.96. The Morgan fingerprint density at radius 1 is 1.08 bits per heavy atom. The van der Waals surface area contributed by atoms with Crippen LogP contribution < -0.4 is 5.32 Å². The molecule has 0 amide bonds. The summed E-state index contributed by atoms with van der Waals surface area (Å²) < 4.78 is 5.23. The highest BCUT2D eigenvalue weighted by molar-refractivity contribution is 5.81. The molecule has 0 atom stereocenters. The molecule has 2 heteroatoms. The van der Waals surface area contributed by atoms with Crippen molar-refractivity contribution in [2.75, 3.05) is 13.7 Å². The van der Waals surface area contributed by atoms with Crippen molar-refractivity contribution in [1.82, 2.24) is 5.32 Å². The molecule has 142 valence electrons. The van der Waals surface area contributed by atoms with E-state index in [9.17, 15) is 0 Å². The van der Waals surface area contributed by atoms with Crippen molar-refractivity contribution in [3.05, 3.63) is 77.7 Å². The number of allylic oxidation sites excluding steroid dienone is 4. The number of nitrogens with one attached hydrogen (secondary N) is 1. The zero-order valence-electron chi connectivity index (χ0n) is 17.0. The van der Waals surface area contributed by atoms with E-state index in [0.29, 0.717) is 5.76 Å². The number of hydrogen-bond donors (Lipinski definition) is 1. The summed E-state index contributed by atoms with van der Waals surface area (Å²) in [6, 6.07) is 10.5. The van der Waals surface area contributed by atoms with Crippen LogP contribution in [0.4, 0.5) is 0 Å². The van der Waals surface area contributed by atoms with Gasteiger partial charge in [0, 0.05) is 18.7 Å². The molecule has 1 rings (SSSR count). The molecule has 0 saturated heterocycles. The van der Waals surface area contributed by atoms with Crippen LogP contribution in [0.3, 0.4) is 0 Å². The van der Waals surface area contributed by atoms with Gasteiger partial charge in [-0.2, -0.15) is 0 Å². The quantitative estimate of drug-likeness (QED) is 0.258. The molecule has 1 N–H and O–H groups in total. The molecule has 0 aliphatic carbocycles. The largest absolute Gasteiger partial charge is 0.497 e. The normalized spacial score (nSPS) is 12.4. The van der Waals surface area contributed by atoms with Gasteiger partial charge in [0.05, 0.1) is 7.11 Å². The molecule has 0 aliphatic heterocycles. The van der Waals surface area contributed by atoms with Crippen LogP contribution >= 0.6 is 0 Å². The topological polar surface area (TPSA) is 21.3 Å². The third-order valence-corrected chi connectivity index (χ3v) is 4.41. The average Bonchev–Trinajstić information content (AvgIpc) is 2.62. The van der Waals surface area contributed by atoms with Gasteiger partial charge in [0.15, 0.2) is 0 Å². The summed E-state index contributed by atoms with van der Waals surface area (Å²) in [5.74, 6) is 0.664. The van der Waals surface area contributed by atoms with E-state index in [0.717, 1.165) is 24.2 Å². The molecule has 0 saturated carbocycles. The van der Waals surface area contributed by atoms with Crippen molar-refractivity contribution >= 4 is 5.57 Å². The number of unbranched alkanes of at least 4 members (excludes halogenated alkanes) is 3. The molecule has 0 unspecified atom stereocenters. The standard InChI is InChI=1S/C24H35NO/c1-7-8-9-13-16-25-21(4)17-19(2)24(20(3)18-22(5)26-6)23-14-11-10-12-15-23/h10-12,14-15,18,25H,4-5,7-9,13,16-17H2,1-3,6H3/b20-18+,24-19-. The highest BCUT2D eigenvalue weighted by atomic mass is 16.5. The molecule has 26 heavy (non-hydrogen) atoms. The molecule has 2 nitrogen and oxygen atoms in total. The lowest BCUT2D eigenvalue weighted by Crippen LogP contribution is -2.14. The van der Waals surface area contributed by atoms with Gasteiger partial charge in [-0.25, -0.2) is 0 Å². The second kappa shape index (κ2) is 12.2. The lowest BCUT2D eigenvalue weighted by Gasteiger charge is -2.16. The second-order valence-corrected chi connectivity index (χ2v) is 6.79. The first-order chi connectivity index (χ1) is 12.5. The van der Waals surface area contributed by atoms with Gasteiger partial charge in [0.1, 0.15) is 5.76 Å². The maximum atomic E-state index is 5.23. The van der Waals surface area contributed by atoms with Gasteiger partial charge in [-0.1, -0.05) is 75.2 Å². The van der Waals surface area contributed by atoms with Crippen LogP contribution in [0.1, 0.15) is 58.4 Å². The number of benzene rings is 1. The van der Waals surface area contributed by atoms with Crippen molar-refractivity contribution in [2.24, 2.45) is 0 Å². The Balaban J connectivity index is 2.92. The minimum Gasteiger partial charge on any atom is -0.497 e. The van der Waals surface area contributed by atoms with Crippen LogP contribution in [0.25, 0.3) is 5.57 Å². The van der Waals surface area contributed by atoms with E-state index in [2.05, 4.69) is 63.5 Å². The number of methoxy groups -OCH3 is 1. The zero-order valence-corrected chi connectivity index (χ0v) is 17.0. The monoisotopic (exact) mass is 353 g/mol. The summed E-state index contributed by atoms with van der Waals surface area (Å²) in [4.78, 5) is 0. The lowest BCUT2D eigenvalue weighted by molar-refractivity contribution is 0.308. The van der Waals surface area contributed by atoms with Crippen molar-refractivity contribution in [3.8, 4) is 0 Å². The van der Waals surface area contributed by atoms with E-state index in [-0.39, 0.29) is 0 Å². The Kier molecular flexibility index (Phi) is 10.2. The van der Waals surface area contributed by atoms with Crippen LogP contribution in [-0.2, 0) is 4.74 Å². The minimum absolute atomic E-state index is 0.664. The fraction of sp³-hybridized carbons (Fsp3) is 0.417. The highest BCUT2D eigenvalue weighted by Gasteiger charge is 2.10. The molecule has 1 aromatic rings. The fourth-order valence-corrected chi connectivity index (χ4v) is 3.08. The molecule has 0 fully saturated rings. The van der Waals surface area contributed by atoms with E-state index in [1.54, 1.807) is 7.11 Å². The summed E-state index contributed by atoms with van der Waals surface area (Å²) >= 11 is 0. The van der Waals surface area contributed by atoms with Crippen molar-refractivity contribution in [1.29, 1.82) is 0 Å². The summed E-state index contributed by atoms with van der Waals surface area (Å²) in [6.07, 6.45) is 7.88. The third kappa shape index (κ3) is 7.77. The van der Waals surface area contributed by atoms with E-state index >= 15 is 0 Å². The molecule has 0 bridgehead atoms. The minimum atomic E-state index is 0.664. The smallest absolute Gasteiger partial charge is 0.111 e. The van der Waals surface area contributed by atoms with Crippen molar-refractivity contribution < 1.29 is 4.74 Å². The Morgan fingerprint density at radius 3 is 2.38 bits per heavy atom. The molecule has 1 aromatic carbocycles. The zero-order chi connectivity index (χ0) is 19.4. The Labute approximate surface area is 160 Å². The van der Waals surface area contributed by atoms with Crippen LogP contribution in [0.15, 0.2) is 72.2 Å². The average molecular weight is 354 g/mol. The second-order valence-electron chi connectivity index (χ2n) is 6.79. The SMILES string of the molecule is C=C(C/C(C)=C(/C(C)=C/C(=C)OC)c1ccccc1)NCCCCCC. The molecule has 0 heterocycles. The van der Waals surface area contributed by atoms with Gasteiger partial charge in [0.25, 0.3) is 0 Å². The fourth-order valence-electron chi connectivity index (χ4n) is 3.08. The maximum absolute atomic E-state index is 5.23. The molecule has 0 aromatic heterocycles. The van der Waals surface area contributed by atoms with Gasteiger partial charge in [-0.05, 0) is 43.1 Å². The van der Waals surface area contributed by atoms with Crippen LogP contribution in [0.2, 0.25) is 0 Å². The first-order valence-corrected chi connectivity index (χ1v) is 9.58. The van der Waals surface area contributed by atoms with Crippen LogP contribution in [0, 0.1) is 0 Å². The predicted molar refractivity (Wildman–Crippen MR) is 115 cm³/mol. The van der Waals surface area contributed by atoms with Gasteiger partial charge in [-0.3, -0.25) is 0 Å². The summed E-state index contributed by atoms with van der Waals surface area (Å²) in [6.45, 7) is 15.7.